The lowest BCUT2D eigenvalue weighted by molar-refractivity contribution is 0.0616. The highest BCUT2D eigenvalue weighted by Crippen LogP contribution is 2.55. The Bertz CT molecular complexity index is 4710. The van der Waals surface area contributed by atoms with Gasteiger partial charge in [0.2, 0.25) is 0 Å². The van der Waals surface area contributed by atoms with Gasteiger partial charge in [-0.15, -0.1) is 0 Å². The Morgan fingerprint density at radius 2 is 0.500 bits per heavy atom. The highest BCUT2D eigenvalue weighted by atomic mass is 35.5. The molecule has 0 saturated heterocycles. The number of carboxylic acids is 4. The van der Waals surface area contributed by atoms with Gasteiger partial charge in [-0.2, -0.15) is 0 Å². The van der Waals surface area contributed by atoms with Crippen molar-refractivity contribution >= 4 is 70.3 Å². The van der Waals surface area contributed by atoms with Crippen molar-refractivity contribution in [3.8, 4) is 45.0 Å². The molecule has 8 heterocycles. The quantitative estimate of drug-likeness (QED) is 0.0408. The van der Waals surface area contributed by atoms with Crippen molar-refractivity contribution in [3.63, 3.8) is 0 Å². The Balaban J connectivity index is 0.000000138. The minimum atomic E-state index is -1.19. The number of benzene rings is 4. The summed E-state index contributed by atoms with van der Waals surface area (Å²) in [6, 6.07) is 22.4. The van der Waals surface area contributed by atoms with Gasteiger partial charge >= 0.3 is 23.9 Å². The predicted molar refractivity (Wildman–Crippen MR) is 458 cm³/mol. The SMILES string of the molecule is COCCOCc1cc2c(cc1Cl)-c1cc(=O)c(C(=O)O)cn1[C@@H]1CCCCC[C@@H]21.COCCOCc1cc2c(cc1Cl)-c1cc(=O)c(C(=O)O)cn1[C@@H]1CCCCC[C@H]21.COCCOCc1cc2c(cc1Cl)-c1cc(=O)c(C(=O)O)cn1[C@H]1CCCCC[C@@H]21.COCCOCc1cc2c(cc1Cl)-c1cc(=O)c(C(=O)O)cn1[C@H]1CCCCC[C@H]21. The lowest BCUT2D eigenvalue weighted by Crippen LogP contribution is -2.28. The maximum absolute atomic E-state index is 12.5. The summed E-state index contributed by atoms with van der Waals surface area (Å²) in [7, 11) is 6.54. The van der Waals surface area contributed by atoms with Crippen molar-refractivity contribution in [1.29, 1.82) is 0 Å². The summed E-state index contributed by atoms with van der Waals surface area (Å²) in [5, 5.41) is 40.2. The molecule has 640 valence electrons. The van der Waals surface area contributed by atoms with E-state index in [0.717, 1.165) is 196 Å². The molecule has 4 saturated carbocycles. The lowest BCUT2D eigenvalue weighted by atomic mass is 9.79. The van der Waals surface area contributed by atoms with E-state index >= 15 is 0 Å². The Kier molecular flexibility index (Phi) is 30.5. The first-order valence-corrected chi connectivity index (χ1v) is 43.1. The molecule has 120 heavy (non-hydrogen) atoms. The Morgan fingerprint density at radius 1 is 0.300 bits per heavy atom. The van der Waals surface area contributed by atoms with Gasteiger partial charge in [0.05, 0.1) is 102 Å². The Labute approximate surface area is 716 Å². The van der Waals surface area contributed by atoms with E-state index in [-0.39, 0.29) is 70.1 Å². The molecule has 4 aromatic heterocycles. The molecule has 8 atom stereocenters. The van der Waals surface area contributed by atoms with Crippen LogP contribution in [0.1, 0.15) is 262 Å². The summed E-state index contributed by atoms with van der Waals surface area (Å²) in [4.78, 5) is 96.1. The summed E-state index contributed by atoms with van der Waals surface area (Å²) in [5.74, 6) is -3.71. The highest BCUT2D eigenvalue weighted by Gasteiger charge is 2.41. The van der Waals surface area contributed by atoms with Crippen LogP contribution in [0.4, 0.5) is 0 Å². The van der Waals surface area contributed by atoms with Gasteiger partial charge in [-0.05, 0) is 120 Å². The average Bonchev–Trinajstić information content (AvgIpc) is 1.13. The second-order valence-electron chi connectivity index (χ2n) is 32.1. The number of aromatic carboxylic acids is 4. The molecule has 0 amide bonds. The summed E-state index contributed by atoms with van der Waals surface area (Å²) >= 11 is 26.3. The first-order chi connectivity index (χ1) is 58.0. The number of carbonyl (C=O) groups is 4. The van der Waals surface area contributed by atoms with Crippen LogP contribution in [0.15, 0.2) is 117 Å². The van der Waals surface area contributed by atoms with Crippen LogP contribution in [0.5, 0.6) is 0 Å². The van der Waals surface area contributed by atoms with Crippen LogP contribution in [-0.4, -0.2) is 144 Å². The topological polar surface area (TPSA) is 311 Å². The number of hydrogen-bond acceptors (Lipinski definition) is 16. The van der Waals surface area contributed by atoms with Crippen LogP contribution in [0.25, 0.3) is 45.0 Å². The summed E-state index contributed by atoms with van der Waals surface area (Å²) in [5.41, 5.74) is 12.4. The molecule has 0 radical (unpaired) electrons. The van der Waals surface area contributed by atoms with E-state index in [4.69, 9.17) is 84.3 Å². The number of hydrogen-bond donors (Lipinski definition) is 4. The zero-order valence-corrected chi connectivity index (χ0v) is 71.1. The van der Waals surface area contributed by atoms with Crippen LogP contribution in [0.2, 0.25) is 20.1 Å². The third kappa shape index (κ3) is 19.7. The number of fused-ring (bicyclic) bond motifs is 24. The van der Waals surface area contributed by atoms with Crippen LogP contribution < -0.4 is 21.7 Å². The van der Waals surface area contributed by atoms with E-state index in [1.807, 2.05) is 42.5 Å². The minimum absolute atomic E-state index is 0.136. The summed E-state index contributed by atoms with van der Waals surface area (Å²) in [6.45, 7) is 5.66. The van der Waals surface area contributed by atoms with E-state index in [1.165, 1.54) is 71.3 Å². The zero-order chi connectivity index (χ0) is 85.0. The number of ether oxygens (including phenoxy) is 8. The van der Waals surface area contributed by atoms with Crippen LogP contribution in [0, 0.1) is 0 Å². The molecule has 0 spiro atoms. The molecule has 4 N–H and O–H groups in total. The van der Waals surface area contributed by atoms with Gasteiger partial charge in [0.25, 0.3) is 0 Å². The van der Waals surface area contributed by atoms with Crippen molar-refractivity contribution in [2.24, 2.45) is 0 Å². The Morgan fingerprint density at radius 3 is 0.692 bits per heavy atom. The smallest absolute Gasteiger partial charge is 0.341 e. The normalized spacial score (nSPS) is 20.1. The van der Waals surface area contributed by atoms with E-state index in [0.29, 0.717) is 99.4 Å². The minimum Gasteiger partial charge on any atom is -0.477 e. The molecule has 4 aliphatic heterocycles. The van der Waals surface area contributed by atoms with Gasteiger partial charge in [0.15, 0.2) is 21.7 Å². The number of pyridine rings is 4. The molecule has 4 aromatic carbocycles. The van der Waals surface area contributed by atoms with Gasteiger partial charge in [-0.3, -0.25) is 19.2 Å². The summed E-state index contributed by atoms with van der Waals surface area (Å²) in [6.07, 6.45) is 27.6. The van der Waals surface area contributed by atoms with Gasteiger partial charge in [0.1, 0.15) is 22.3 Å². The van der Waals surface area contributed by atoms with Crippen molar-refractivity contribution in [2.45, 2.75) is 203 Å². The van der Waals surface area contributed by atoms with Crippen molar-refractivity contribution in [1.82, 2.24) is 18.3 Å². The second kappa shape index (κ2) is 41.1. The van der Waals surface area contributed by atoms with E-state index in [1.54, 1.807) is 28.4 Å². The number of rotatable bonds is 24. The largest absolute Gasteiger partial charge is 0.477 e. The molecular weight excluding hydrogens is 1620 g/mol. The summed E-state index contributed by atoms with van der Waals surface area (Å²) < 4.78 is 50.9. The average molecular weight is 1730 g/mol. The monoisotopic (exact) mass is 1720 g/mol. The van der Waals surface area contributed by atoms with E-state index in [2.05, 4.69) is 24.3 Å². The van der Waals surface area contributed by atoms with Gasteiger partial charge in [-0.25, -0.2) is 19.2 Å². The first-order valence-electron chi connectivity index (χ1n) is 41.6. The maximum Gasteiger partial charge on any atom is 0.341 e. The third-order valence-corrected chi connectivity index (χ3v) is 26.3. The molecule has 4 aliphatic carbocycles. The molecule has 16 rings (SSSR count). The number of aromatic nitrogens is 4. The van der Waals surface area contributed by atoms with Gasteiger partial charge in [0, 0.05) is 168 Å². The maximum atomic E-state index is 12.5. The molecule has 8 aliphatic rings. The van der Waals surface area contributed by atoms with Crippen molar-refractivity contribution in [2.75, 3.05) is 81.3 Å². The third-order valence-electron chi connectivity index (χ3n) is 24.9. The lowest BCUT2D eigenvalue weighted by Gasteiger charge is -2.37. The number of halogens is 4. The number of methoxy groups -OCH3 is 4. The van der Waals surface area contributed by atoms with Crippen molar-refractivity contribution in [3.05, 3.63) is 225 Å². The zero-order valence-electron chi connectivity index (χ0n) is 68.1. The predicted octanol–water partition coefficient (Wildman–Crippen LogP) is 18.5. The van der Waals surface area contributed by atoms with E-state index in [9.17, 15) is 58.8 Å². The fraction of sp³-hybridized carbons (Fsp3) is 0.478. The fourth-order valence-electron chi connectivity index (χ4n) is 19.1. The molecule has 0 bridgehead atoms. The molecule has 24 nitrogen and oxygen atoms in total. The molecule has 0 unspecified atom stereocenters. The van der Waals surface area contributed by atoms with Crippen LogP contribution in [-0.2, 0) is 64.3 Å². The number of carboxylic acid groups (broad SMARTS) is 4. The molecule has 8 aromatic rings. The van der Waals surface area contributed by atoms with Gasteiger partial charge in [-0.1, -0.05) is 148 Å². The van der Waals surface area contributed by atoms with Crippen molar-refractivity contribution < 1.29 is 77.5 Å². The highest BCUT2D eigenvalue weighted by molar-refractivity contribution is 6.33. The molecular formula is C92H104Cl4N4O20. The standard InChI is InChI=1S/4C23H26ClNO5/c4*1-29-7-8-30-13-14-9-16-15-5-3-2-4-6-20(15)25-12-18(23(27)28)22(26)11-21(25)17(16)10-19(14)24/h4*9-12,15,20H,2-8,13H2,1H3,(H,27,28)/t2*15-,20+;2*15-,20-/m1010/s1. The molecule has 4 fully saturated rings. The number of nitrogens with zero attached hydrogens (tertiary/aromatic N) is 4. The second-order valence-corrected chi connectivity index (χ2v) is 33.8. The fourth-order valence-corrected chi connectivity index (χ4v) is 20.0. The van der Waals surface area contributed by atoms with Crippen LogP contribution >= 0.6 is 46.4 Å². The Hall–Kier alpha value is -8.60. The first kappa shape index (κ1) is 89.2. The van der Waals surface area contributed by atoms with Crippen LogP contribution in [0.3, 0.4) is 0 Å². The van der Waals surface area contributed by atoms with Gasteiger partial charge < -0.3 is 76.6 Å². The molecule has 28 heteroatoms. The van der Waals surface area contributed by atoms with E-state index < -0.39 is 45.6 Å².